The van der Waals surface area contributed by atoms with Crippen molar-refractivity contribution in [2.24, 2.45) is 0 Å². The van der Waals surface area contributed by atoms with Crippen molar-refractivity contribution < 1.29 is 13.2 Å². The Labute approximate surface area is 115 Å². The van der Waals surface area contributed by atoms with E-state index in [2.05, 4.69) is 10.3 Å². The van der Waals surface area contributed by atoms with Gasteiger partial charge in [0.15, 0.2) is 0 Å². The number of rotatable bonds is 4. The van der Waals surface area contributed by atoms with Gasteiger partial charge in [-0.25, -0.2) is 0 Å². The first-order valence-electron chi connectivity index (χ1n) is 6.25. The quantitative estimate of drug-likeness (QED) is 0.925. The molecule has 0 radical (unpaired) electrons. The number of benzene rings is 1. The first-order chi connectivity index (χ1) is 9.50. The Balaban J connectivity index is 2.13. The van der Waals surface area contributed by atoms with Crippen LogP contribution in [0.3, 0.4) is 0 Å². The maximum atomic E-state index is 12.5. The molecule has 1 unspecified atom stereocenters. The van der Waals surface area contributed by atoms with E-state index >= 15 is 0 Å². The number of nitrogens with one attached hydrogen (secondary N) is 1. The predicted octanol–water partition coefficient (Wildman–Crippen LogP) is 3.60. The number of alkyl halides is 3. The zero-order valence-electron chi connectivity index (χ0n) is 11.0. The molecule has 0 aliphatic rings. The first-order valence-corrected chi connectivity index (χ1v) is 6.25. The van der Waals surface area contributed by atoms with E-state index in [9.17, 15) is 13.2 Å². The van der Waals surface area contributed by atoms with Gasteiger partial charge in [0.2, 0.25) is 0 Å². The molecular weight excluding hydrogens is 265 g/mol. The van der Waals surface area contributed by atoms with Crippen molar-refractivity contribution in [3.8, 4) is 0 Å². The fraction of sp³-hybridized carbons (Fsp3) is 0.267. The Morgan fingerprint density at radius 2 is 1.80 bits per heavy atom. The SMILES string of the molecule is CNC(Cc1ccc(C(F)(F)F)cn1)c1ccccc1. The van der Waals surface area contributed by atoms with Gasteiger partial charge in [-0.15, -0.1) is 0 Å². The molecule has 0 saturated heterocycles. The highest BCUT2D eigenvalue weighted by Gasteiger charge is 2.30. The molecule has 0 aliphatic heterocycles. The third kappa shape index (κ3) is 3.57. The maximum Gasteiger partial charge on any atom is 0.417 e. The molecule has 1 N–H and O–H groups in total. The minimum Gasteiger partial charge on any atom is -0.313 e. The summed E-state index contributed by atoms with van der Waals surface area (Å²) in [6, 6.07) is 12.3. The van der Waals surface area contributed by atoms with E-state index in [1.165, 1.54) is 6.07 Å². The van der Waals surface area contributed by atoms with Gasteiger partial charge in [0.1, 0.15) is 0 Å². The number of hydrogen-bond acceptors (Lipinski definition) is 2. The Kier molecular flexibility index (Phi) is 4.39. The van der Waals surface area contributed by atoms with Gasteiger partial charge in [-0.3, -0.25) is 4.98 Å². The highest BCUT2D eigenvalue weighted by atomic mass is 19.4. The number of pyridine rings is 1. The van der Waals surface area contributed by atoms with Crippen molar-refractivity contribution in [2.75, 3.05) is 7.05 Å². The lowest BCUT2D eigenvalue weighted by atomic mass is 10.0. The minimum absolute atomic E-state index is 0.0282. The van der Waals surface area contributed by atoms with Crippen LogP contribution in [0.25, 0.3) is 0 Å². The van der Waals surface area contributed by atoms with E-state index in [0.29, 0.717) is 12.1 Å². The molecule has 2 rings (SSSR count). The molecule has 2 nitrogen and oxygen atoms in total. The van der Waals surface area contributed by atoms with Crippen LogP contribution in [0.15, 0.2) is 48.7 Å². The molecule has 5 heteroatoms. The van der Waals surface area contributed by atoms with E-state index in [1.807, 2.05) is 37.4 Å². The Morgan fingerprint density at radius 1 is 1.10 bits per heavy atom. The van der Waals surface area contributed by atoms with E-state index in [4.69, 9.17) is 0 Å². The van der Waals surface area contributed by atoms with Crippen molar-refractivity contribution >= 4 is 0 Å². The molecule has 1 heterocycles. The molecule has 0 aliphatic carbocycles. The second-order valence-electron chi connectivity index (χ2n) is 4.49. The minimum atomic E-state index is -4.34. The van der Waals surface area contributed by atoms with E-state index in [0.717, 1.165) is 17.8 Å². The number of hydrogen-bond donors (Lipinski definition) is 1. The van der Waals surface area contributed by atoms with Gasteiger partial charge in [0, 0.05) is 24.4 Å². The van der Waals surface area contributed by atoms with Crippen LogP contribution in [0.5, 0.6) is 0 Å². The summed E-state index contributed by atoms with van der Waals surface area (Å²) in [5.74, 6) is 0. The molecule has 1 aromatic carbocycles. The van der Waals surface area contributed by atoms with Gasteiger partial charge in [0.05, 0.1) is 5.56 Å². The van der Waals surface area contributed by atoms with Crippen molar-refractivity contribution in [3.63, 3.8) is 0 Å². The van der Waals surface area contributed by atoms with Crippen molar-refractivity contribution in [1.82, 2.24) is 10.3 Å². The molecular formula is C15H15F3N2. The Bertz CT molecular complexity index is 535. The van der Waals surface area contributed by atoms with Crippen LogP contribution in [0.1, 0.15) is 22.9 Å². The summed E-state index contributed by atoms with van der Waals surface area (Å²) in [7, 11) is 1.82. The zero-order chi connectivity index (χ0) is 14.6. The first kappa shape index (κ1) is 14.5. The highest BCUT2D eigenvalue weighted by molar-refractivity contribution is 5.22. The molecule has 0 bridgehead atoms. The van der Waals surface area contributed by atoms with Gasteiger partial charge in [0.25, 0.3) is 0 Å². The second-order valence-corrected chi connectivity index (χ2v) is 4.49. The molecule has 0 spiro atoms. The second kappa shape index (κ2) is 6.05. The fourth-order valence-electron chi connectivity index (χ4n) is 1.99. The Hall–Kier alpha value is -1.88. The molecule has 1 atom stereocenters. The van der Waals surface area contributed by atoms with Gasteiger partial charge in [-0.1, -0.05) is 30.3 Å². The third-order valence-electron chi connectivity index (χ3n) is 3.12. The largest absolute Gasteiger partial charge is 0.417 e. The summed E-state index contributed by atoms with van der Waals surface area (Å²) < 4.78 is 37.4. The van der Waals surface area contributed by atoms with Gasteiger partial charge in [-0.2, -0.15) is 13.2 Å². The highest BCUT2D eigenvalue weighted by Crippen LogP contribution is 2.28. The molecule has 2 aromatic rings. The van der Waals surface area contributed by atoms with Crippen LogP contribution in [0.2, 0.25) is 0 Å². The summed E-state index contributed by atoms with van der Waals surface area (Å²) in [5, 5.41) is 3.15. The standard InChI is InChI=1S/C15H15F3N2/c1-19-14(11-5-3-2-4-6-11)9-13-8-7-12(10-20-13)15(16,17)18/h2-8,10,14,19H,9H2,1H3. The van der Waals surface area contributed by atoms with E-state index in [1.54, 1.807) is 0 Å². The predicted molar refractivity (Wildman–Crippen MR) is 71.2 cm³/mol. The van der Waals surface area contributed by atoms with E-state index in [-0.39, 0.29) is 6.04 Å². The summed E-state index contributed by atoms with van der Waals surface area (Å²) in [6.07, 6.45) is -2.92. The van der Waals surface area contributed by atoms with Crippen LogP contribution in [0.4, 0.5) is 13.2 Å². The fourth-order valence-corrected chi connectivity index (χ4v) is 1.99. The summed E-state index contributed by atoms with van der Waals surface area (Å²) in [6.45, 7) is 0. The summed E-state index contributed by atoms with van der Waals surface area (Å²) in [5.41, 5.74) is 0.986. The monoisotopic (exact) mass is 280 g/mol. The van der Waals surface area contributed by atoms with Gasteiger partial charge < -0.3 is 5.32 Å². The number of likely N-dealkylation sites (N-methyl/N-ethyl adjacent to an activating group) is 1. The van der Waals surface area contributed by atoms with Crippen LogP contribution in [0, 0.1) is 0 Å². The maximum absolute atomic E-state index is 12.5. The van der Waals surface area contributed by atoms with E-state index < -0.39 is 11.7 Å². The number of aromatic nitrogens is 1. The van der Waals surface area contributed by atoms with Crippen LogP contribution < -0.4 is 5.32 Å². The lowest BCUT2D eigenvalue weighted by Gasteiger charge is -2.16. The van der Waals surface area contributed by atoms with Crippen LogP contribution in [-0.2, 0) is 12.6 Å². The van der Waals surface area contributed by atoms with Gasteiger partial charge >= 0.3 is 6.18 Å². The lowest BCUT2D eigenvalue weighted by molar-refractivity contribution is -0.137. The number of halogens is 3. The molecule has 0 amide bonds. The molecule has 106 valence electrons. The third-order valence-corrected chi connectivity index (χ3v) is 3.12. The van der Waals surface area contributed by atoms with Crippen LogP contribution >= 0.6 is 0 Å². The molecule has 20 heavy (non-hydrogen) atoms. The smallest absolute Gasteiger partial charge is 0.313 e. The normalized spacial score (nSPS) is 13.2. The number of nitrogens with zero attached hydrogens (tertiary/aromatic N) is 1. The molecule has 0 saturated carbocycles. The van der Waals surface area contributed by atoms with Crippen LogP contribution in [-0.4, -0.2) is 12.0 Å². The van der Waals surface area contributed by atoms with Crippen molar-refractivity contribution in [2.45, 2.75) is 18.6 Å². The molecule has 1 aromatic heterocycles. The van der Waals surface area contributed by atoms with Gasteiger partial charge in [-0.05, 0) is 24.7 Å². The van der Waals surface area contributed by atoms with Crippen molar-refractivity contribution in [3.05, 3.63) is 65.5 Å². The summed E-state index contributed by atoms with van der Waals surface area (Å²) in [4.78, 5) is 3.90. The average molecular weight is 280 g/mol. The average Bonchev–Trinajstić information content (AvgIpc) is 2.45. The van der Waals surface area contributed by atoms with Crippen molar-refractivity contribution in [1.29, 1.82) is 0 Å². The molecule has 0 fully saturated rings. The summed E-state index contributed by atoms with van der Waals surface area (Å²) >= 11 is 0. The Morgan fingerprint density at radius 3 is 2.30 bits per heavy atom. The topological polar surface area (TPSA) is 24.9 Å². The lowest BCUT2D eigenvalue weighted by Crippen LogP contribution is -2.19. The zero-order valence-corrected chi connectivity index (χ0v) is 11.0.